The number of hydrogen-bond acceptors (Lipinski definition) is 8. The lowest BCUT2D eigenvalue weighted by Crippen LogP contribution is -2.10. The fourth-order valence-electron chi connectivity index (χ4n) is 4.80. The fourth-order valence-corrected chi connectivity index (χ4v) is 5.59. The average molecular weight is 601 g/mol. The highest BCUT2D eigenvalue weighted by atomic mass is 32.2. The number of rotatable bonds is 16. The van der Waals surface area contributed by atoms with E-state index in [0.29, 0.717) is 24.5 Å². The predicted molar refractivity (Wildman–Crippen MR) is 168 cm³/mol. The molecule has 0 aromatic heterocycles. The minimum absolute atomic E-state index is 0.0281. The summed E-state index contributed by atoms with van der Waals surface area (Å²) in [6.07, 6.45) is 5.95. The van der Waals surface area contributed by atoms with Gasteiger partial charge in [-0.2, -0.15) is 0 Å². The Morgan fingerprint density at radius 3 is 1.98 bits per heavy atom. The summed E-state index contributed by atoms with van der Waals surface area (Å²) in [6, 6.07) is 19.4. The third-order valence-electron chi connectivity index (χ3n) is 7.05. The van der Waals surface area contributed by atoms with Crippen LogP contribution in [0.1, 0.15) is 60.0 Å². The van der Waals surface area contributed by atoms with E-state index in [-0.39, 0.29) is 30.2 Å². The lowest BCUT2D eigenvalue weighted by atomic mass is 9.99. The number of carbonyl (C=O) groups excluding carboxylic acids is 3. The summed E-state index contributed by atoms with van der Waals surface area (Å²) in [5.41, 5.74) is 5.26. The van der Waals surface area contributed by atoms with Gasteiger partial charge in [0.15, 0.2) is 0 Å². The third-order valence-corrected chi connectivity index (χ3v) is 7.96. The van der Waals surface area contributed by atoms with Crippen LogP contribution in [-0.4, -0.2) is 43.5 Å². The van der Waals surface area contributed by atoms with Gasteiger partial charge in [0.2, 0.25) is 5.12 Å². The van der Waals surface area contributed by atoms with E-state index < -0.39 is 5.97 Å². The second-order valence-corrected chi connectivity index (χ2v) is 11.0. The number of fused-ring (bicyclic) bond motifs is 3. The summed E-state index contributed by atoms with van der Waals surface area (Å²) in [7, 11) is 0. The zero-order chi connectivity index (χ0) is 30.6. The second kappa shape index (κ2) is 15.8. The Balaban J connectivity index is 1.24. The van der Waals surface area contributed by atoms with Gasteiger partial charge in [-0.15, -0.1) is 0 Å². The van der Waals surface area contributed by atoms with Crippen molar-refractivity contribution in [3.8, 4) is 22.6 Å². The Hall–Kier alpha value is -4.30. The summed E-state index contributed by atoms with van der Waals surface area (Å²) in [4.78, 5) is 36.1. The largest absolute Gasteiger partial charge is 0.494 e. The molecule has 224 valence electrons. The van der Waals surface area contributed by atoms with Gasteiger partial charge in [-0.1, -0.05) is 32.2 Å². The van der Waals surface area contributed by atoms with Crippen molar-refractivity contribution in [2.45, 2.75) is 43.4 Å². The van der Waals surface area contributed by atoms with Crippen LogP contribution in [0, 0.1) is 0 Å². The highest BCUT2D eigenvalue weighted by molar-refractivity contribution is 8.14. The van der Waals surface area contributed by atoms with Crippen LogP contribution in [-0.2, 0) is 19.1 Å². The van der Waals surface area contributed by atoms with Crippen LogP contribution in [0.3, 0.4) is 0 Å². The van der Waals surface area contributed by atoms with Gasteiger partial charge in [0.05, 0.1) is 13.2 Å². The molecule has 0 bridgehead atoms. The Bertz CT molecular complexity index is 1460. The number of hydrogen-bond donors (Lipinski definition) is 0. The molecule has 0 saturated heterocycles. The molecule has 0 aliphatic heterocycles. The molecule has 1 unspecified atom stereocenters. The molecule has 4 rings (SSSR count). The number of thioether (sulfide) groups is 1. The zero-order valence-electron chi connectivity index (χ0n) is 24.3. The van der Waals surface area contributed by atoms with Crippen molar-refractivity contribution in [1.82, 2.24) is 0 Å². The smallest absolute Gasteiger partial charge is 0.330 e. The predicted octanol–water partition coefficient (Wildman–Crippen LogP) is 7.53. The molecule has 8 heteroatoms. The van der Waals surface area contributed by atoms with E-state index >= 15 is 0 Å². The first-order valence-electron chi connectivity index (χ1n) is 14.3. The number of benzene rings is 3. The first kappa shape index (κ1) is 31.6. The maximum absolute atomic E-state index is 13.0. The van der Waals surface area contributed by atoms with Crippen molar-refractivity contribution in [2.24, 2.45) is 0 Å². The first-order chi connectivity index (χ1) is 20.9. The van der Waals surface area contributed by atoms with E-state index in [1.807, 2.05) is 36.4 Å². The van der Waals surface area contributed by atoms with Gasteiger partial charge in [0, 0.05) is 28.5 Å². The van der Waals surface area contributed by atoms with E-state index in [4.69, 9.17) is 18.9 Å². The molecular formula is C35H36O7S. The third kappa shape index (κ3) is 8.85. The van der Waals surface area contributed by atoms with Gasteiger partial charge >= 0.3 is 11.9 Å². The summed E-state index contributed by atoms with van der Waals surface area (Å²) in [5, 5.41) is -0.0281. The topological polar surface area (TPSA) is 88.1 Å². The quantitative estimate of drug-likeness (QED) is 0.0722. The van der Waals surface area contributed by atoms with Crippen molar-refractivity contribution >= 4 is 28.8 Å². The fraction of sp³-hybridized carbons (Fsp3) is 0.286. The van der Waals surface area contributed by atoms with Gasteiger partial charge in [0.25, 0.3) is 0 Å². The molecule has 0 fully saturated rings. The molecular weight excluding hydrogens is 564 g/mol. The number of ether oxygens (including phenoxy) is 4. The maximum atomic E-state index is 13.0. The maximum Gasteiger partial charge on any atom is 0.330 e. The molecule has 0 N–H and O–H groups in total. The van der Waals surface area contributed by atoms with Crippen LogP contribution in [0.15, 0.2) is 90.9 Å². The molecule has 1 atom stereocenters. The normalized spacial score (nSPS) is 12.9. The SMILES string of the molecule is C=CC(=O)OCCCCCCOc1ccc(C(=O)Sc2ccc3c(c2)C(C)c2cc(OCCOC(=O)C=C)ccc2-3)cc1. The van der Waals surface area contributed by atoms with E-state index in [2.05, 4.69) is 32.2 Å². The van der Waals surface area contributed by atoms with Gasteiger partial charge in [-0.3, -0.25) is 4.79 Å². The van der Waals surface area contributed by atoms with E-state index in [0.717, 1.165) is 59.1 Å². The molecule has 7 nitrogen and oxygen atoms in total. The molecule has 0 spiro atoms. The number of unbranched alkanes of at least 4 members (excludes halogenated alkanes) is 3. The summed E-state index contributed by atoms with van der Waals surface area (Å²) >= 11 is 1.21. The van der Waals surface area contributed by atoms with E-state index in [9.17, 15) is 14.4 Å². The average Bonchev–Trinajstić information content (AvgIpc) is 3.30. The van der Waals surface area contributed by atoms with E-state index in [1.165, 1.54) is 23.4 Å². The molecule has 3 aromatic carbocycles. The summed E-state index contributed by atoms with van der Waals surface area (Å²) in [6.45, 7) is 10.3. The number of carbonyl (C=O) groups is 3. The van der Waals surface area contributed by atoms with Crippen molar-refractivity contribution in [2.75, 3.05) is 26.4 Å². The van der Waals surface area contributed by atoms with Crippen molar-refractivity contribution in [1.29, 1.82) is 0 Å². The van der Waals surface area contributed by atoms with Gasteiger partial charge < -0.3 is 18.9 Å². The molecule has 0 radical (unpaired) electrons. The standard InChI is InChI=1S/C35H36O7S/c1-4-33(36)41-19-9-7-6-8-18-39-26-12-10-25(11-13-26)35(38)43-28-15-17-30-29-16-14-27(40-20-21-42-34(37)5-2)22-31(29)24(3)32(30)23-28/h4-5,10-17,22-24H,1-2,6-9,18-21H2,3H3. The Morgan fingerprint density at radius 2 is 1.28 bits per heavy atom. The molecule has 43 heavy (non-hydrogen) atoms. The van der Waals surface area contributed by atoms with Gasteiger partial charge in [-0.25, -0.2) is 9.59 Å². The minimum atomic E-state index is -0.471. The highest BCUT2D eigenvalue weighted by Gasteiger charge is 2.26. The second-order valence-electron chi connectivity index (χ2n) is 9.99. The summed E-state index contributed by atoms with van der Waals surface area (Å²) in [5.74, 6) is 0.734. The zero-order valence-corrected chi connectivity index (χ0v) is 25.2. The van der Waals surface area contributed by atoms with Crippen LogP contribution in [0.25, 0.3) is 11.1 Å². The Kier molecular flexibility index (Phi) is 11.6. The highest BCUT2D eigenvalue weighted by Crippen LogP contribution is 2.47. The van der Waals surface area contributed by atoms with Crippen LogP contribution < -0.4 is 9.47 Å². The molecule has 0 saturated carbocycles. The van der Waals surface area contributed by atoms with Gasteiger partial charge in [-0.05, 0) is 108 Å². The van der Waals surface area contributed by atoms with Crippen LogP contribution in [0.4, 0.5) is 0 Å². The molecule has 1 aliphatic carbocycles. The van der Waals surface area contributed by atoms with Gasteiger partial charge in [0.1, 0.15) is 24.7 Å². The Labute approximate surface area is 256 Å². The molecule has 0 amide bonds. The van der Waals surface area contributed by atoms with E-state index in [1.54, 1.807) is 12.1 Å². The monoisotopic (exact) mass is 600 g/mol. The Morgan fingerprint density at radius 1 is 0.698 bits per heavy atom. The van der Waals surface area contributed by atoms with Crippen molar-refractivity contribution < 1.29 is 33.3 Å². The van der Waals surface area contributed by atoms with Crippen molar-refractivity contribution in [3.05, 3.63) is 103 Å². The van der Waals surface area contributed by atoms with Crippen LogP contribution >= 0.6 is 11.8 Å². The van der Waals surface area contributed by atoms with Crippen LogP contribution in [0.5, 0.6) is 11.5 Å². The summed E-state index contributed by atoms with van der Waals surface area (Å²) < 4.78 is 21.5. The molecule has 3 aromatic rings. The van der Waals surface area contributed by atoms with Crippen LogP contribution in [0.2, 0.25) is 0 Å². The lowest BCUT2D eigenvalue weighted by molar-refractivity contribution is -0.139. The molecule has 0 heterocycles. The first-order valence-corrected chi connectivity index (χ1v) is 15.2. The number of esters is 2. The minimum Gasteiger partial charge on any atom is -0.494 e. The molecule has 1 aliphatic rings. The lowest BCUT2D eigenvalue weighted by Gasteiger charge is -2.10. The van der Waals surface area contributed by atoms with Crippen molar-refractivity contribution in [3.63, 3.8) is 0 Å².